The van der Waals surface area contributed by atoms with E-state index >= 15 is 0 Å². The first kappa shape index (κ1) is 15.1. The molecular formula is C20H19FN2O. The van der Waals surface area contributed by atoms with E-state index < -0.39 is 0 Å². The number of carbonyl (C=O) groups excluding carboxylic acids is 1. The molecule has 3 nitrogen and oxygen atoms in total. The monoisotopic (exact) mass is 322 g/mol. The molecule has 1 aliphatic carbocycles. The number of halogens is 1. The number of benzene rings is 2. The van der Waals surface area contributed by atoms with Gasteiger partial charge in [0.1, 0.15) is 17.4 Å². The fourth-order valence-electron chi connectivity index (χ4n) is 3.97. The number of Topliss-reactive ketones (excluding diaryl/α,β-unsaturated/α-hetero) is 1. The molecule has 1 fully saturated rings. The smallest absolute Gasteiger partial charge is 0.143 e. The Morgan fingerprint density at radius 1 is 1.17 bits per heavy atom. The molecule has 4 rings (SSSR count). The minimum atomic E-state index is -0.358. The Bertz CT molecular complexity index is 858. The van der Waals surface area contributed by atoms with Crippen molar-refractivity contribution in [2.45, 2.75) is 31.2 Å². The molecule has 122 valence electrons. The molecule has 2 aromatic carbocycles. The van der Waals surface area contributed by atoms with Gasteiger partial charge in [-0.2, -0.15) is 0 Å². The summed E-state index contributed by atoms with van der Waals surface area (Å²) < 4.78 is 13.6. The van der Waals surface area contributed by atoms with Crippen molar-refractivity contribution >= 4 is 11.6 Å². The first-order valence-corrected chi connectivity index (χ1v) is 8.24. The van der Waals surface area contributed by atoms with Crippen LogP contribution in [-0.2, 0) is 16.8 Å². The summed E-state index contributed by atoms with van der Waals surface area (Å²) in [5.41, 5.74) is 3.88. The first-order chi connectivity index (χ1) is 11.6. The lowest BCUT2D eigenvalue weighted by atomic mass is 9.81. The summed E-state index contributed by atoms with van der Waals surface area (Å²) in [6.07, 6.45) is 2.71. The van der Waals surface area contributed by atoms with E-state index in [9.17, 15) is 9.18 Å². The summed E-state index contributed by atoms with van der Waals surface area (Å²) in [5.74, 6) is 0.739. The van der Waals surface area contributed by atoms with Crippen LogP contribution in [0, 0.1) is 5.82 Å². The number of aliphatic imine (C=N–C) groups is 1. The second-order valence-electron chi connectivity index (χ2n) is 6.65. The van der Waals surface area contributed by atoms with Gasteiger partial charge in [-0.3, -0.25) is 9.79 Å². The van der Waals surface area contributed by atoms with Crippen LogP contribution in [0.3, 0.4) is 0 Å². The molecular weight excluding hydrogens is 303 g/mol. The second-order valence-corrected chi connectivity index (χ2v) is 6.65. The van der Waals surface area contributed by atoms with Gasteiger partial charge in [-0.15, -0.1) is 0 Å². The Morgan fingerprint density at radius 2 is 2.00 bits per heavy atom. The van der Waals surface area contributed by atoms with Crippen molar-refractivity contribution in [3.63, 3.8) is 0 Å². The molecule has 1 heterocycles. The summed E-state index contributed by atoms with van der Waals surface area (Å²) in [4.78, 5) is 16.4. The lowest BCUT2D eigenvalue weighted by Gasteiger charge is -2.36. The van der Waals surface area contributed by atoms with Gasteiger partial charge in [0.25, 0.3) is 0 Å². The molecule has 0 aromatic heterocycles. The fraction of sp³-hybridized carbons (Fsp3) is 0.300. The lowest BCUT2D eigenvalue weighted by Crippen LogP contribution is -2.50. The molecule has 0 radical (unpaired) electrons. The van der Waals surface area contributed by atoms with Crippen LogP contribution >= 0.6 is 0 Å². The molecule has 0 amide bonds. The van der Waals surface area contributed by atoms with Crippen LogP contribution in [0.2, 0.25) is 0 Å². The molecule has 1 atom stereocenters. The van der Waals surface area contributed by atoms with Gasteiger partial charge in [-0.1, -0.05) is 24.3 Å². The largest absolute Gasteiger partial charge is 0.363 e. The van der Waals surface area contributed by atoms with E-state index in [2.05, 4.69) is 22.4 Å². The maximum absolute atomic E-state index is 13.6. The van der Waals surface area contributed by atoms with Crippen LogP contribution in [0.25, 0.3) is 11.1 Å². The zero-order chi connectivity index (χ0) is 16.7. The summed E-state index contributed by atoms with van der Waals surface area (Å²) in [5, 5.41) is 3.51. The first-order valence-electron chi connectivity index (χ1n) is 8.24. The quantitative estimate of drug-likeness (QED) is 0.871. The number of piperidine rings is 1. The number of fused-ring (bicyclic) bond motifs is 2. The van der Waals surface area contributed by atoms with Crippen LogP contribution < -0.4 is 5.32 Å². The number of nitrogens with one attached hydrogen (secondary N) is 1. The minimum Gasteiger partial charge on any atom is -0.363 e. The minimum absolute atomic E-state index is 0.221. The van der Waals surface area contributed by atoms with Crippen LogP contribution in [0.1, 0.15) is 30.4 Å². The number of hydrogen-bond donors (Lipinski definition) is 1. The highest BCUT2D eigenvalue weighted by Crippen LogP contribution is 2.43. The van der Waals surface area contributed by atoms with E-state index in [-0.39, 0.29) is 17.1 Å². The predicted octanol–water partition coefficient (Wildman–Crippen LogP) is 3.62. The third-order valence-electron chi connectivity index (χ3n) is 5.12. The SMILES string of the molecule is CN=C1CC(=O)C[C@]2(CCc3ccc(-c4cccc(F)c4)cc32)N1. The van der Waals surface area contributed by atoms with E-state index in [4.69, 9.17) is 0 Å². The van der Waals surface area contributed by atoms with Crippen LogP contribution in [0.4, 0.5) is 4.39 Å². The Balaban J connectivity index is 1.80. The maximum atomic E-state index is 13.6. The Kier molecular flexibility index (Phi) is 3.48. The molecule has 1 aliphatic heterocycles. The van der Waals surface area contributed by atoms with Gasteiger partial charge in [0.15, 0.2) is 0 Å². The number of rotatable bonds is 1. The molecule has 1 spiro atoms. The number of carbonyl (C=O) groups is 1. The average molecular weight is 322 g/mol. The highest BCUT2D eigenvalue weighted by molar-refractivity contribution is 6.04. The summed E-state index contributed by atoms with van der Waals surface area (Å²) in [7, 11) is 1.72. The van der Waals surface area contributed by atoms with Gasteiger partial charge in [-0.25, -0.2) is 4.39 Å². The van der Waals surface area contributed by atoms with E-state index in [1.54, 1.807) is 19.2 Å². The molecule has 24 heavy (non-hydrogen) atoms. The van der Waals surface area contributed by atoms with Crippen molar-refractivity contribution in [1.82, 2.24) is 5.32 Å². The molecule has 1 N–H and O–H groups in total. The van der Waals surface area contributed by atoms with Crippen LogP contribution in [0.5, 0.6) is 0 Å². The van der Waals surface area contributed by atoms with Crippen molar-refractivity contribution in [3.05, 3.63) is 59.4 Å². The van der Waals surface area contributed by atoms with E-state index in [1.807, 2.05) is 12.1 Å². The normalized spacial score (nSPS) is 24.2. The van der Waals surface area contributed by atoms with E-state index in [0.717, 1.165) is 35.4 Å². The van der Waals surface area contributed by atoms with Gasteiger partial charge in [0.2, 0.25) is 0 Å². The number of ketones is 1. The van der Waals surface area contributed by atoms with Gasteiger partial charge in [0.05, 0.1) is 12.0 Å². The van der Waals surface area contributed by atoms with Crippen molar-refractivity contribution in [2.75, 3.05) is 7.05 Å². The molecule has 2 aliphatic rings. The Labute approximate surface area is 140 Å². The molecule has 2 aromatic rings. The molecule has 4 heteroatoms. The third-order valence-corrected chi connectivity index (χ3v) is 5.12. The predicted molar refractivity (Wildman–Crippen MR) is 92.6 cm³/mol. The number of amidine groups is 1. The third kappa shape index (κ3) is 2.42. The number of aryl methyl sites for hydroxylation is 1. The fourth-order valence-corrected chi connectivity index (χ4v) is 3.97. The highest BCUT2D eigenvalue weighted by Gasteiger charge is 2.44. The average Bonchev–Trinajstić information content (AvgIpc) is 2.91. The van der Waals surface area contributed by atoms with Crippen molar-refractivity contribution in [3.8, 4) is 11.1 Å². The second kappa shape index (κ2) is 5.55. The Morgan fingerprint density at radius 3 is 2.79 bits per heavy atom. The van der Waals surface area contributed by atoms with Crippen LogP contribution in [0.15, 0.2) is 47.5 Å². The topological polar surface area (TPSA) is 41.5 Å². The zero-order valence-corrected chi connectivity index (χ0v) is 13.6. The summed E-state index contributed by atoms with van der Waals surface area (Å²) >= 11 is 0. The van der Waals surface area contributed by atoms with Gasteiger partial charge < -0.3 is 5.32 Å². The molecule has 1 saturated heterocycles. The molecule has 0 unspecified atom stereocenters. The van der Waals surface area contributed by atoms with Crippen molar-refractivity contribution in [2.24, 2.45) is 4.99 Å². The number of nitrogens with zero attached hydrogens (tertiary/aromatic N) is 1. The van der Waals surface area contributed by atoms with Gasteiger partial charge in [0, 0.05) is 13.5 Å². The standard InChI is InChI=1S/C20H19FN2O/c1-22-19-11-17(24)12-20(23-19)8-7-13-5-6-15(10-18(13)20)14-3-2-4-16(21)9-14/h2-6,9-10H,7-8,11-12H2,1H3,(H,22,23)/t20-/m0/s1. The van der Waals surface area contributed by atoms with Gasteiger partial charge in [-0.05, 0) is 53.3 Å². The van der Waals surface area contributed by atoms with Crippen LogP contribution in [-0.4, -0.2) is 18.7 Å². The van der Waals surface area contributed by atoms with E-state index in [0.29, 0.717) is 12.8 Å². The zero-order valence-electron chi connectivity index (χ0n) is 13.6. The molecule has 0 saturated carbocycles. The Hall–Kier alpha value is -2.49. The summed E-state index contributed by atoms with van der Waals surface area (Å²) in [6, 6.07) is 12.9. The van der Waals surface area contributed by atoms with Crippen molar-refractivity contribution < 1.29 is 9.18 Å². The maximum Gasteiger partial charge on any atom is 0.143 e. The lowest BCUT2D eigenvalue weighted by molar-refractivity contribution is -0.120. The van der Waals surface area contributed by atoms with Crippen molar-refractivity contribution in [1.29, 1.82) is 0 Å². The molecule has 0 bridgehead atoms. The summed E-state index contributed by atoms with van der Waals surface area (Å²) in [6.45, 7) is 0. The highest BCUT2D eigenvalue weighted by atomic mass is 19.1. The van der Waals surface area contributed by atoms with E-state index in [1.165, 1.54) is 11.6 Å². The number of hydrogen-bond acceptors (Lipinski definition) is 2. The van der Waals surface area contributed by atoms with Gasteiger partial charge >= 0.3 is 0 Å².